The first-order chi connectivity index (χ1) is 7.40. The van der Waals surface area contributed by atoms with Gasteiger partial charge in [0.1, 0.15) is 0 Å². The van der Waals surface area contributed by atoms with Crippen LogP contribution in [-0.4, -0.2) is 16.9 Å². The van der Waals surface area contributed by atoms with Gasteiger partial charge < -0.3 is 0 Å². The molecule has 0 N–H and O–H groups in total. The number of hydrogen-bond donors (Lipinski definition) is 0. The van der Waals surface area contributed by atoms with Gasteiger partial charge >= 0.3 is 0 Å². The van der Waals surface area contributed by atoms with Crippen LogP contribution in [0.15, 0.2) is 6.07 Å². The molecule has 16 heavy (non-hydrogen) atoms. The summed E-state index contributed by atoms with van der Waals surface area (Å²) in [6, 6.07) is 2.04. The molecule has 0 aromatic heterocycles. The van der Waals surface area contributed by atoms with E-state index in [2.05, 4.69) is 15.9 Å². The lowest BCUT2D eigenvalue weighted by atomic mass is 9.91. The Balaban J connectivity index is 3.44. The molecule has 1 rings (SSSR count). The highest BCUT2D eigenvalue weighted by Gasteiger charge is 2.21. The van der Waals surface area contributed by atoms with Crippen LogP contribution < -0.4 is 0 Å². The number of benzene rings is 1. The van der Waals surface area contributed by atoms with Gasteiger partial charge in [-0.25, -0.2) is 0 Å². The quantitative estimate of drug-likeness (QED) is 0.485. The molecule has 0 amide bonds. The van der Waals surface area contributed by atoms with Crippen molar-refractivity contribution < 1.29 is 9.59 Å². The molecule has 2 nitrogen and oxygen atoms in total. The summed E-state index contributed by atoms with van der Waals surface area (Å²) in [5.74, 6) is -0.783. The van der Waals surface area contributed by atoms with Crippen LogP contribution in [0.3, 0.4) is 0 Å². The lowest BCUT2D eigenvalue weighted by Crippen LogP contribution is -2.18. The van der Waals surface area contributed by atoms with Crippen LogP contribution in [0.25, 0.3) is 0 Å². The Labute approximate surface area is 104 Å². The van der Waals surface area contributed by atoms with E-state index in [4.69, 9.17) is 0 Å². The van der Waals surface area contributed by atoms with Gasteiger partial charge in [0, 0.05) is 5.56 Å². The zero-order valence-electron chi connectivity index (χ0n) is 9.98. The number of Topliss-reactive ketones (excluding diaryl/α,β-unsaturated/α-hetero) is 2. The van der Waals surface area contributed by atoms with Crippen molar-refractivity contribution >= 4 is 27.5 Å². The minimum atomic E-state index is -0.392. The molecule has 0 aliphatic heterocycles. The molecule has 1 aromatic carbocycles. The van der Waals surface area contributed by atoms with Gasteiger partial charge in [-0.15, -0.1) is 0 Å². The first kappa shape index (κ1) is 13.1. The van der Waals surface area contributed by atoms with Crippen molar-refractivity contribution in [1.29, 1.82) is 0 Å². The fraction of sp³-hybridized carbons (Fsp3) is 0.385. The molecule has 0 aliphatic rings. The average Bonchev–Trinajstić information content (AvgIpc) is 2.25. The lowest BCUT2D eigenvalue weighted by molar-refractivity contribution is -0.112. The third-order valence-corrected chi connectivity index (χ3v) is 3.48. The van der Waals surface area contributed by atoms with Gasteiger partial charge in [0.2, 0.25) is 11.6 Å². The first-order valence-corrected chi connectivity index (χ1v) is 6.23. The molecule has 0 bridgehead atoms. The maximum Gasteiger partial charge on any atom is 0.230 e. The Morgan fingerprint density at radius 3 is 1.88 bits per heavy atom. The summed E-state index contributed by atoms with van der Waals surface area (Å²) in [5, 5.41) is 0.0811. The number of rotatable bonds is 3. The SMILES string of the molecule is Cc1cc(C)c(C)c(C(=O)C(=O)CBr)c1C. The van der Waals surface area contributed by atoms with Gasteiger partial charge in [-0.2, -0.15) is 0 Å². The van der Waals surface area contributed by atoms with Crippen molar-refractivity contribution in [2.75, 3.05) is 5.33 Å². The highest BCUT2D eigenvalue weighted by molar-refractivity contribution is 9.09. The molecule has 0 spiro atoms. The normalized spacial score (nSPS) is 10.3. The van der Waals surface area contributed by atoms with E-state index in [0.717, 1.165) is 22.3 Å². The van der Waals surface area contributed by atoms with Crippen molar-refractivity contribution in [2.45, 2.75) is 27.7 Å². The predicted octanol–water partition coefficient (Wildman–Crippen LogP) is 3.07. The predicted molar refractivity (Wildman–Crippen MR) is 68.5 cm³/mol. The van der Waals surface area contributed by atoms with Gasteiger partial charge in [-0.05, 0) is 49.9 Å². The maximum absolute atomic E-state index is 11.9. The molecule has 0 saturated heterocycles. The fourth-order valence-electron chi connectivity index (χ4n) is 1.76. The van der Waals surface area contributed by atoms with Crippen LogP contribution in [-0.2, 0) is 4.79 Å². The number of halogens is 1. The molecule has 0 saturated carbocycles. The van der Waals surface area contributed by atoms with E-state index < -0.39 is 11.6 Å². The minimum Gasteiger partial charge on any atom is -0.290 e. The van der Waals surface area contributed by atoms with Crippen LogP contribution >= 0.6 is 15.9 Å². The second-order valence-electron chi connectivity index (χ2n) is 4.02. The standard InChI is InChI=1S/C13H15BrO2/c1-7-5-8(2)10(4)12(9(7)3)13(16)11(15)6-14/h5H,6H2,1-4H3. The van der Waals surface area contributed by atoms with Gasteiger partial charge in [0.05, 0.1) is 5.33 Å². The largest absolute Gasteiger partial charge is 0.290 e. The third-order valence-electron chi connectivity index (χ3n) is 2.97. The van der Waals surface area contributed by atoms with Crippen LogP contribution in [0, 0.1) is 27.7 Å². The zero-order valence-corrected chi connectivity index (χ0v) is 11.6. The Bertz CT molecular complexity index is 435. The summed E-state index contributed by atoms with van der Waals surface area (Å²) in [4.78, 5) is 23.4. The van der Waals surface area contributed by atoms with Crippen molar-refractivity contribution in [3.8, 4) is 0 Å². The maximum atomic E-state index is 11.9. The molecule has 0 aliphatic carbocycles. The smallest absolute Gasteiger partial charge is 0.230 e. The summed E-state index contributed by atoms with van der Waals surface area (Å²) in [6.07, 6.45) is 0. The van der Waals surface area contributed by atoms with Gasteiger partial charge in [-0.3, -0.25) is 9.59 Å². The zero-order chi connectivity index (χ0) is 12.5. The summed E-state index contributed by atoms with van der Waals surface area (Å²) in [7, 11) is 0. The molecular formula is C13H15BrO2. The third kappa shape index (κ3) is 2.24. The fourth-order valence-corrected chi connectivity index (χ4v) is 2.01. The van der Waals surface area contributed by atoms with E-state index >= 15 is 0 Å². The van der Waals surface area contributed by atoms with Crippen molar-refractivity contribution in [2.24, 2.45) is 0 Å². The monoisotopic (exact) mass is 282 g/mol. The highest BCUT2D eigenvalue weighted by atomic mass is 79.9. The van der Waals surface area contributed by atoms with Crippen LogP contribution in [0.4, 0.5) is 0 Å². The highest BCUT2D eigenvalue weighted by Crippen LogP contribution is 2.22. The molecule has 0 heterocycles. The topological polar surface area (TPSA) is 34.1 Å². The van der Waals surface area contributed by atoms with E-state index in [1.54, 1.807) is 0 Å². The molecule has 0 atom stereocenters. The molecular weight excluding hydrogens is 268 g/mol. The summed E-state index contributed by atoms with van der Waals surface area (Å²) < 4.78 is 0. The lowest BCUT2D eigenvalue weighted by Gasteiger charge is -2.13. The van der Waals surface area contributed by atoms with Gasteiger partial charge in [0.25, 0.3) is 0 Å². The van der Waals surface area contributed by atoms with E-state index in [-0.39, 0.29) is 5.33 Å². The van der Waals surface area contributed by atoms with E-state index in [9.17, 15) is 9.59 Å². The van der Waals surface area contributed by atoms with Gasteiger partial charge in [0.15, 0.2) is 0 Å². The number of carbonyl (C=O) groups is 2. The molecule has 86 valence electrons. The molecule has 0 unspecified atom stereocenters. The first-order valence-electron chi connectivity index (χ1n) is 5.11. The number of alkyl halides is 1. The summed E-state index contributed by atoms with van der Waals surface area (Å²) in [6.45, 7) is 7.68. The molecule has 0 radical (unpaired) electrons. The Morgan fingerprint density at radius 2 is 1.50 bits per heavy atom. The number of aryl methyl sites for hydroxylation is 2. The van der Waals surface area contributed by atoms with E-state index in [1.807, 2.05) is 33.8 Å². The van der Waals surface area contributed by atoms with Crippen LogP contribution in [0.1, 0.15) is 32.6 Å². The van der Waals surface area contributed by atoms with E-state index in [1.165, 1.54) is 0 Å². The van der Waals surface area contributed by atoms with E-state index in [0.29, 0.717) is 5.56 Å². The van der Waals surface area contributed by atoms with Crippen molar-refractivity contribution in [3.63, 3.8) is 0 Å². The summed E-state index contributed by atoms with van der Waals surface area (Å²) in [5.41, 5.74) is 4.48. The van der Waals surface area contributed by atoms with Gasteiger partial charge in [-0.1, -0.05) is 22.0 Å². The number of ketones is 2. The second kappa shape index (κ2) is 4.91. The molecule has 3 heteroatoms. The molecule has 1 aromatic rings. The average molecular weight is 283 g/mol. The van der Waals surface area contributed by atoms with Crippen LogP contribution in [0.5, 0.6) is 0 Å². The van der Waals surface area contributed by atoms with Crippen molar-refractivity contribution in [1.82, 2.24) is 0 Å². The Kier molecular flexibility index (Phi) is 4.03. The Hall–Kier alpha value is -0.960. The Morgan fingerprint density at radius 1 is 1.06 bits per heavy atom. The van der Waals surface area contributed by atoms with Crippen LogP contribution in [0.2, 0.25) is 0 Å². The second-order valence-corrected chi connectivity index (χ2v) is 4.58. The summed E-state index contributed by atoms with van der Waals surface area (Å²) >= 11 is 3.03. The van der Waals surface area contributed by atoms with Crippen molar-refractivity contribution in [3.05, 3.63) is 33.9 Å². The minimum absolute atomic E-state index is 0.0811. The molecule has 0 fully saturated rings. The number of hydrogen-bond acceptors (Lipinski definition) is 2. The number of carbonyl (C=O) groups excluding carboxylic acids is 2.